The molecule has 0 saturated heterocycles. The maximum absolute atomic E-state index is 13.4. The number of hydrogen-bond donors (Lipinski definition) is 0. The minimum atomic E-state index is -6.27. The van der Waals surface area contributed by atoms with E-state index in [0.29, 0.717) is 0 Å². The number of hydrogen-bond acceptors (Lipinski definition) is 2. The summed E-state index contributed by atoms with van der Waals surface area (Å²) in [6.45, 7) is -0.565. The lowest BCUT2D eigenvalue weighted by atomic mass is 9.98. The van der Waals surface area contributed by atoms with E-state index in [0.717, 1.165) is 0 Å². The topological polar surface area (TPSA) is 17.1 Å². The zero-order chi connectivity index (χ0) is 18.8. The molecule has 0 saturated carbocycles. The molecule has 0 unspecified atom stereocenters. The molecule has 0 aliphatic rings. The first-order valence-electron chi connectivity index (χ1n) is 6.47. The lowest BCUT2D eigenvalue weighted by molar-refractivity contribution is -0.362. The van der Waals surface area contributed by atoms with Crippen molar-refractivity contribution in [3.8, 4) is 0 Å². The van der Waals surface area contributed by atoms with Gasteiger partial charge in [-0.15, -0.1) is 0 Å². The SMILES string of the molecule is CC(F)(F)C(F)(F)C(F)(F)C(F)(F)CCSC(=O)c1ccccc1. The van der Waals surface area contributed by atoms with E-state index in [2.05, 4.69) is 0 Å². The lowest BCUT2D eigenvalue weighted by Crippen LogP contribution is -2.61. The van der Waals surface area contributed by atoms with Crippen LogP contribution in [0.4, 0.5) is 35.1 Å². The number of rotatable bonds is 7. The number of halogens is 8. The first kappa shape index (κ1) is 20.7. The smallest absolute Gasteiger partial charge is 0.282 e. The van der Waals surface area contributed by atoms with Crippen LogP contribution in [0.2, 0.25) is 0 Å². The van der Waals surface area contributed by atoms with Crippen LogP contribution in [-0.2, 0) is 0 Å². The van der Waals surface area contributed by atoms with E-state index in [1.165, 1.54) is 24.3 Å². The molecule has 0 N–H and O–H groups in total. The van der Waals surface area contributed by atoms with Crippen molar-refractivity contribution in [3.63, 3.8) is 0 Å². The summed E-state index contributed by atoms with van der Waals surface area (Å²) in [6.07, 6.45) is -1.87. The molecule has 0 atom stereocenters. The van der Waals surface area contributed by atoms with E-state index in [1.807, 2.05) is 0 Å². The van der Waals surface area contributed by atoms with E-state index < -0.39 is 47.9 Å². The third-order valence-corrected chi connectivity index (χ3v) is 3.97. The Bertz CT molecular complexity index is 568. The van der Waals surface area contributed by atoms with Gasteiger partial charge in [-0.3, -0.25) is 4.79 Å². The Labute approximate surface area is 136 Å². The fraction of sp³-hybridized carbons (Fsp3) is 0.500. The van der Waals surface area contributed by atoms with Gasteiger partial charge in [-0.25, -0.2) is 0 Å². The van der Waals surface area contributed by atoms with Crippen LogP contribution in [0.15, 0.2) is 30.3 Å². The van der Waals surface area contributed by atoms with Crippen molar-refractivity contribution in [1.82, 2.24) is 0 Å². The van der Waals surface area contributed by atoms with Gasteiger partial charge in [0, 0.05) is 24.7 Å². The summed E-state index contributed by atoms with van der Waals surface area (Å²) in [6, 6.07) is 7.20. The molecule has 0 amide bonds. The number of benzene rings is 1. The molecule has 0 bridgehead atoms. The van der Waals surface area contributed by atoms with Crippen LogP contribution in [0.1, 0.15) is 23.7 Å². The molecular formula is C14H12F8OS. The second-order valence-electron chi connectivity index (χ2n) is 4.99. The number of alkyl halides is 8. The fourth-order valence-corrected chi connectivity index (χ4v) is 2.44. The first-order valence-corrected chi connectivity index (χ1v) is 7.46. The van der Waals surface area contributed by atoms with E-state index in [9.17, 15) is 39.9 Å². The maximum Gasteiger partial charge on any atom is 0.378 e. The molecule has 0 fully saturated rings. The summed E-state index contributed by atoms with van der Waals surface area (Å²) in [4.78, 5) is 11.6. The average Bonchev–Trinajstić information content (AvgIpc) is 2.46. The molecule has 10 heteroatoms. The Hall–Kier alpha value is -1.32. The van der Waals surface area contributed by atoms with Crippen molar-refractivity contribution in [2.24, 2.45) is 0 Å². The fourth-order valence-electron chi connectivity index (χ4n) is 1.59. The Kier molecular flexibility index (Phi) is 5.95. The van der Waals surface area contributed by atoms with Crippen molar-refractivity contribution in [3.05, 3.63) is 35.9 Å². The quantitative estimate of drug-likeness (QED) is 0.580. The van der Waals surface area contributed by atoms with Crippen LogP contribution >= 0.6 is 11.8 Å². The molecule has 1 aromatic carbocycles. The van der Waals surface area contributed by atoms with Crippen molar-refractivity contribution in [1.29, 1.82) is 0 Å². The summed E-state index contributed by atoms with van der Waals surface area (Å²) in [7, 11) is 0. The molecule has 0 radical (unpaired) electrons. The van der Waals surface area contributed by atoms with Gasteiger partial charge in [0.15, 0.2) is 0 Å². The van der Waals surface area contributed by atoms with Crippen LogP contribution < -0.4 is 0 Å². The molecule has 0 aliphatic carbocycles. The minimum Gasteiger partial charge on any atom is -0.282 e. The second kappa shape index (κ2) is 6.89. The van der Waals surface area contributed by atoms with Crippen LogP contribution in [0.3, 0.4) is 0 Å². The Morgan fingerprint density at radius 1 is 0.917 bits per heavy atom. The Morgan fingerprint density at radius 2 is 1.42 bits per heavy atom. The Morgan fingerprint density at radius 3 is 1.88 bits per heavy atom. The van der Waals surface area contributed by atoms with Crippen LogP contribution in [0.25, 0.3) is 0 Å². The van der Waals surface area contributed by atoms with Crippen molar-refractivity contribution in [2.75, 3.05) is 5.75 Å². The molecule has 0 spiro atoms. The third-order valence-electron chi connectivity index (χ3n) is 3.06. The van der Waals surface area contributed by atoms with Gasteiger partial charge in [-0.2, -0.15) is 35.1 Å². The van der Waals surface area contributed by atoms with Gasteiger partial charge >= 0.3 is 23.7 Å². The van der Waals surface area contributed by atoms with E-state index >= 15 is 0 Å². The Balaban J connectivity index is 2.77. The highest BCUT2D eigenvalue weighted by atomic mass is 32.2. The summed E-state index contributed by atoms with van der Waals surface area (Å²) in [5.74, 6) is -24.2. The van der Waals surface area contributed by atoms with E-state index in [1.54, 1.807) is 6.07 Å². The van der Waals surface area contributed by atoms with Crippen LogP contribution in [0.5, 0.6) is 0 Å². The average molecular weight is 380 g/mol. The highest BCUT2D eigenvalue weighted by Crippen LogP contribution is 2.53. The van der Waals surface area contributed by atoms with Gasteiger partial charge in [0.2, 0.25) is 5.12 Å². The standard InChI is InChI=1S/C14H12F8OS/c1-11(15,16)13(19,20)14(21,22)12(17,18)7-8-24-10(23)9-5-3-2-4-6-9/h2-6H,7-8H2,1H3. The molecule has 1 aromatic rings. The van der Waals surface area contributed by atoms with Gasteiger partial charge in [0.05, 0.1) is 0 Å². The van der Waals surface area contributed by atoms with Gasteiger partial charge in [-0.1, -0.05) is 42.1 Å². The maximum atomic E-state index is 13.4. The van der Waals surface area contributed by atoms with Crippen molar-refractivity contribution < 1.29 is 39.9 Å². The highest BCUT2D eigenvalue weighted by molar-refractivity contribution is 8.14. The zero-order valence-corrected chi connectivity index (χ0v) is 13.0. The number of thioether (sulfide) groups is 1. The number of carbonyl (C=O) groups excluding carboxylic acids is 1. The molecule has 0 aliphatic heterocycles. The van der Waals surface area contributed by atoms with Crippen molar-refractivity contribution in [2.45, 2.75) is 37.0 Å². The van der Waals surface area contributed by atoms with E-state index in [-0.39, 0.29) is 17.3 Å². The third kappa shape index (κ3) is 4.01. The summed E-state index contributed by atoms with van der Waals surface area (Å²) < 4.78 is 104. The van der Waals surface area contributed by atoms with Crippen molar-refractivity contribution >= 4 is 16.9 Å². The molecule has 136 valence electrons. The van der Waals surface area contributed by atoms with Gasteiger partial charge in [-0.05, 0) is 0 Å². The number of carbonyl (C=O) groups is 1. The first-order chi connectivity index (χ1) is 10.7. The normalized spacial score (nSPS) is 13.9. The van der Waals surface area contributed by atoms with Gasteiger partial charge in [0.25, 0.3) is 0 Å². The molecule has 24 heavy (non-hydrogen) atoms. The molecular weight excluding hydrogens is 368 g/mol. The second-order valence-corrected chi connectivity index (χ2v) is 6.06. The predicted octanol–water partition coefficient (Wildman–Crippen LogP) is 5.51. The molecule has 1 rings (SSSR count). The summed E-state index contributed by atoms with van der Waals surface area (Å²) in [5.41, 5.74) is 0.1000. The summed E-state index contributed by atoms with van der Waals surface area (Å²) >= 11 is 0.206. The monoisotopic (exact) mass is 380 g/mol. The predicted molar refractivity (Wildman–Crippen MR) is 73.3 cm³/mol. The molecule has 1 nitrogen and oxygen atoms in total. The molecule has 0 heterocycles. The van der Waals surface area contributed by atoms with Gasteiger partial charge < -0.3 is 0 Å². The summed E-state index contributed by atoms with van der Waals surface area (Å²) in [5, 5.41) is -0.734. The largest absolute Gasteiger partial charge is 0.378 e. The molecule has 0 aromatic heterocycles. The van der Waals surface area contributed by atoms with Crippen LogP contribution in [-0.4, -0.2) is 34.6 Å². The van der Waals surface area contributed by atoms with Gasteiger partial charge in [0.1, 0.15) is 0 Å². The zero-order valence-electron chi connectivity index (χ0n) is 12.1. The van der Waals surface area contributed by atoms with E-state index in [4.69, 9.17) is 0 Å². The van der Waals surface area contributed by atoms with Crippen LogP contribution in [0, 0.1) is 0 Å². The highest BCUT2D eigenvalue weighted by Gasteiger charge is 2.78. The lowest BCUT2D eigenvalue weighted by Gasteiger charge is -2.35. The minimum absolute atomic E-state index is 0.1000.